The van der Waals surface area contributed by atoms with E-state index in [9.17, 15) is 0 Å². The van der Waals surface area contributed by atoms with E-state index in [1.54, 1.807) is 0 Å². The molecule has 0 amide bonds. The Morgan fingerprint density at radius 1 is 1.00 bits per heavy atom. The molecule has 0 spiro atoms. The molecule has 0 bridgehead atoms. The smallest absolute Gasteiger partial charge is 0.213 e. The summed E-state index contributed by atoms with van der Waals surface area (Å²) in [6, 6.07) is 12.9. The fourth-order valence-corrected chi connectivity index (χ4v) is 5.23. The van der Waals surface area contributed by atoms with E-state index in [2.05, 4.69) is 43.5 Å². The van der Waals surface area contributed by atoms with Gasteiger partial charge in [-0.05, 0) is 55.8 Å². The topological polar surface area (TPSA) is 66.7 Å². The molecular weight excluding hydrogens is 414 g/mol. The van der Waals surface area contributed by atoms with E-state index in [-0.39, 0.29) is 0 Å². The fourth-order valence-electron chi connectivity index (χ4n) is 5.23. The van der Waals surface area contributed by atoms with E-state index >= 15 is 0 Å². The van der Waals surface area contributed by atoms with Crippen molar-refractivity contribution in [2.75, 3.05) is 44.2 Å². The summed E-state index contributed by atoms with van der Waals surface area (Å²) in [6.45, 7) is 6.92. The van der Waals surface area contributed by atoms with Gasteiger partial charge in [0.2, 0.25) is 5.88 Å². The molecule has 4 heterocycles. The van der Waals surface area contributed by atoms with Crippen LogP contribution in [-0.4, -0.2) is 60.4 Å². The molecule has 33 heavy (non-hydrogen) atoms. The van der Waals surface area contributed by atoms with Gasteiger partial charge in [-0.1, -0.05) is 23.4 Å². The summed E-state index contributed by atoms with van der Waals surface area (Å²) in [5.74, 6) is 3.20. The summed E-state index contributed by atoms with van der Waals surface area (Å²) in [5.41, 5.74) is 2.09. The van der Waals surface area contributed by atoms with Crippen LogP contribution in [0.5, 0.6) is 5.88 Å². The first-order valence-corrected chi connectivity index (χ1v) is 12.4. The number of nitrogens with zero attached hydrogens (tertiary/aromatic N) is 4. The number of para-hydroxylation sites is 1. The van der Waals surface area contributed by atoms with Crippen LogP contribution in [0.25, 0.3) is 11.0 Å². The Hall–Kier alpha value is -2.64. The number of hydrogen-bond donors (Lipinski definition) is 1. The van der Waals surface area contributed by atoms with Gasteiger partial charge in [-0.25, -0.2) is 4.98 Å². The molecule has 6 rings (SSSR count). The van der Waals surface area contributed by atoms with Crippen molar-refractivity contribution in [3.63, 3.8) is 0 Å². The first-order chi connectivity index (χ1) is 16.3. The first-order valence-electron chi connectivity index (χ1n) is 12.4. The lowest BCUT2D eigenvalue weighted by Gasteiger charge is -2.46. The van der Waals surface area contributed by atoms with E-state index in [0.29, 0.717) is 12.0 Å². The van der Waals surface area contributed by atoms with Gasteiger partial charge in [-0.3, -0.25) is 4.90 Å². The molecule has 3 aromatic rings. The normalized spacial score (nSPS) is 23.6. The third-order valence-electron chi connectivity index (χ3n) is 7.39. The number of aromatic nitrogens is 2. The highest BCUT2D eigenvalue weighted by atomic mass is 16.5. The largest absolute Gasteiger partial charge is 0.477 e. The van der Waals surface area contributed by atoms with Gasteiger partial charge in [0.05, 0.1) is 12.0 Å². The maximum absolute atomic E-state index is 6.07. The second-order valence-electron chi connectivity index (χ2n) is 9.93. The third-order valence-corrected chi connectivity index (χ3v) is 7.39. The zero-order valence-corrected chi connectivity index (χ0v) is 19.2. The molecule has 2 aliphatic heterocycles. The van der Waals surface area contributed by atoms with Crippen LogP contribution in [0, 0.1) is 11.8 Å². The Kier molecular flexibility index (Phi) is 5.91. The lowest BCUT2D eigenvalue weighted by Crippen LogP contribution is -2.57. The van der Waals surface area contributed by atoms with Crippen LogP contribution in [0.1, 0.15) is 31.2 Å². The zero-order valence-electron chi connectivity index (χ0n) is 19.2. The predicted octanol–water partition coefficient (Wildman–Crippen LogP) is 3.70. The Balaban J connectivity index is 0.978. The molecule has 2 aromatic heterocycles. The molecular formula is C26H33N5O2. The minimum atomic E-state index is 0.558. The number of benzene rings is 1. The molecule has 7 nitrogen and oxygen atoms in total. The lowest BCUT2D eigenvalue weighted by molar-refractivity contribution is 0.0717. The SMILES string of the molecule is c1ccc2c(N3CCN4CC(COc5ccc(CNCC6CC6)cn5)CCC4C3)noc2c1. The fraction of sp³-hybridized carbons (Fsp3) is 0.538. The predicted molar refractivity (Wildman–Crippen MR) is 128 cm³/mol. The van der Waals surface area contributed by atoms with Crippen LogP contribution in [0.4, 0.5) is 5.82 Å². The molecule has 2 atom stereocenters. The molecule has 0 radical (unpaired) electrons. The maximum atomic E-state index is 6.07. The van der Waals surface area contributed by atoms with Gasteiger partial charge >= 0.3 is 0 Å². The van der Waals surface area contributed by atoms with Crippen LogP contribution in [0.3, 0.4) is 0 Å². The maximum Gasteiger partial charge on any atom is 0.213 e. The number of pyridine rings is 1. The zero-order chi connectivity index (χ0) is 22.0. The molecule has 174 valence electrons. The van der Waals surface area contributed by atoms with Crippen LogP contribution in [0.2, 0.25) is 0 Å². The number of anilines is 1. The van der Waals surface area contributed by atoms with Crippen molar-refractivity contribution in [1.29, 1.82) is 0 Å². The van der Waals surface area contributed by atoms with Crippen LogP contribution < -0.4 is 15.0 Å². The van der Waals surface area contributed by atoms with Crippen molar-refractivity contribution < 1.29 is 9.26 Å². The number of nitrogens with one attached hydrogen (secondary N) is 1. The van der Waals surface area contributed by atoms with Gasteiger partial charge in [-0.15, -0.1) is 0 Å². The summed E-state index contributed by atoms with van der Waals surface area (Å²) in [6.07, 6.45) is 7.10. The van der Waals surface area contributed by atoms with Crippen molar-refractivity contribution in [3.05, 3.63) is 48.2 Å². The van der Waals surface area contributed by atoms with Crippen LogP contribution in [0.15, 0.2) is 47.1 Å². The number of rotatable bonds is 8. The summed E-state index contributed by atoms with van der Waals surface area (Å²) in [5, 5.41) is 9.00. The minimum Gasteiger partial charge on any atom is -0.477 e. The summed E-state index contributed by atoms with van der Waals surface area (Å²) in [4.78, 5) is 9.56. The van der Waals surface area contributed by atoms with E-state index < -0.39 is 0 Å². The van der Waals surface area contributed by atoms with Gasteiger partial charge in [0, 0.05) is 56.9 Å². The molecule has 1 aromatic carbocycles. The number of ether oxygens (including phenoxy) is 1. The highest BCUT2D eigenvalue weighted by molar-refractivity contribution is 5.88. The minimum absolute atomic E-state index is 0.558. The van der Waals surface area contributed by atoms with Crippen molar-refractivity contribution in [3.8, 4) is 5.88 Å². The first kappa shape index (κ1) is 20.9. The van der Waals surface area contributed by atoms with Gasteiger partial charge in [0.1, 0.15) is 0 Å². The van der Waals surface area contributed by atoms with E-state index in [1.807, 2.05) is 24.4 Å². The number of hydrogen-bond acceptors (Lipinski definition) is 7. The Bertz CT molecular complexity index is 1060. The van der Waals surface area contributed by atoms with Gasteiger partial charge in [0.15, 0.2) is 11.4 Å². The van der Waals surface area contributed by atoms with E-state index in [0.717, 1.165) is 74.5 Å². The van der Waals surface area contributed by atoms with Crippen molar-refractivity contribution >= 4 is 16.8 Å². The molecule has 3 aliphatic rings. The van der Waals surface area contributed by atoms with Gasteiger partial charge < -0.3 is 19.5 Å². The Morgan fingerprint density at radius 3 is 2.79 bits per heavy atom. The molecule has 1 saturated carbocycles. The van der Waals surface area contributed by atoms with Gasteiger partial charge in [-0.2, -0.15) is 0 Å². The number of piperazine rings is 1. The molecule has 2 unspecified atom stereocenters. The summed E-state index contributed by atoms with van der Waals surface area (Å²) in [7, 11) is 0. The van der Waals surface area contributed by atoms with Crippen molar-refractivity contribution in [2.24, 2.45) is 11.8 Å². The molecule has 2 saturated heterocycles. The van der Waals surface area contributed by atoms with Gasteiger partial charge in [0.25, 0.3) is 0 Å². The second-order valence-corrected chi connectivity index (χ2v) is 9.93. The van der Waals surface area contributed by atoms with Crippen molar-refractivity contribution in [1.82, 2.24) is 20.4 Å². The Labute approximate surface area is 195 Å². The molecule has 7 heteroatoms. The average Bonchev–Trinajstić information content (AvgIpc) is 3.59. The van der Waals surface area contributed by atoms with Crippen molar-refractivity contribution in [2.45, 2.75) is 38.3 Å². The van der Waals surface area contributed by atoms with Crippen LogP contribution in [-0.2, 0) is 6.54 Å². The highest BCUT2D eigenvalue weighted by Gasteiger charge is 2.34. The quantitative estimate of drug-likeness (QED) is 0.565. The summed E-state index contributed by atoms with van der Waals surface area (Å²) >= 11 is 0. The number of fused-ring (bicyclic) bond motifs is 2. The molecule has 1 N–H and O–H groups in total. The highest BCUT2D eigenvalue weighted by Crippen LogP contribution is 2.31. The summed E-state index contributed by atoms with van der Waals surface area (Å²) < 4.78 is 11.6. The third kappa shape index (κ3) is 4.84. The molecule has 3 fully saturated rings. The lowest BCUT2D eigenvalue weighted by atomic mass is 9.91. The molecule has 1 aliphatic carbocycles. The Morgan fingerprint density at radius 2 is 1.91 bits per heavy atom. The monoisotopic (exact) mass is 447 g/mol. The van der Waals surface area contributed by atoms with E-state index in [4.69, 9.17) is 9.26 Å². The van der Waals surface area contributed by atoms with E-state index in [1.165, 1.54) is 31.2 Å². The van der Waals surface area contributed by atoms with Crippen LogP contribution >= 0.6 is 0 Å². The average molecular weight is 448 g/mol. The standard InChI is InChI=1S/C26H33N5O2/c1-2-4-24-23(3-1)26(29-33-24)31-12-11-30-16-21(7-9-22(30)17-31)18-32-25-10-8-20(15-28-25)14-27-13-19-5-6-19/h1-4,8,10,15,19,21-22,27H,5-7,9,11-14,16-18H2. The number of piperidine rings is 1. The second kappa shape index (κ2) is 9.31.